The number of halogens is 2. The van der Waals surface area contributed by atoms with Crippen molar-refractivity contribution in [2.45, 2.75) is 50.1 Å². The Hall–Kier alpha value is 1.39. The summed E-state index contributed by atoms with van der Waals surface area (Å²) in [6.45, 7) is 2.94. The Bertz CT molecular complexity index is 139. The maximum atomic E-state index is 4.02. The highest BCUT2D eigenvalue weighted by Crippen LogP contribution is 2.52. The van der Waals surface area contributed by atoms with Gasteiger partial charge in [-0.15, -0.1) is 30.6 Å². The van der Waals surface area contributed by atoms with Gasteiger partial charge in [0.15, 0.2) is 0 Å². The highest BCUT2D eigenvalue weighted by atomic mass is 79.9. The normalized spacial score (nSPS) is 41.0. The molecule has 0 nitrogen and oxygen atoms in total. The van der Waals surface area contributed by atoms with Gasteiger partial charge in [0.2, 0.25) is 0 Å². The fourth-order valence-corrected chi connectivity index (χ4v) is 44.1. The second-order valence-corrected chi connectivity index (χ2v) is 22.7. The van der Waals surface area contributed by atoms with Crippen LogP contribution in [0.2, 0.25) is 23.4 Å². The van der Waals surface area contributed by atoms with Crippen molar-refractivity contribution < 1.29 is 0 Å². The number of hydrogen-bond acceptors (Lipinski definition) is 0. The van der Waals surface area contributed by atoms with Gasteiger partial charge in [-0.2, -0.15) is 0 Å². The van der Waals surface area contributed by atoms with Crippen LogP contribution < -0.4 is 0 Å². The van der Waals surface area contributed by atoms with Gasteiger partial charge in [0.1, 0.15) is 13.4 Å². The average Bonchev–Trinajstić information content (AvgIpc) is 1.84. The molecule has 12 heavy (non-hydrogen) atoms. The maximum absolute atomic E-state index is 4.02. The summed E-state index contributed by atoms with van der Waals surface area (Å²) in [5, 5.41) is 0. The van der Waals surface area contributed by atoms with Gasteiger partial charge < -0.3 is 0 Å². The molecule has 72 valence electrons. The summed E-state index contributed by atoms with van der Waals surface area (Å²) in [5.74, 6) is 0. The van der Waals surface area contributed by atoms with Crippen molar-refractivity contribution in [1.82, 2.24) is 0 Å². The Balaban J connectivity index is 2.34. The molecule has 1 rings (SSSR count). The van der Waals surface area contributed by atoms with Crippen molar-refractivity contribution in [2.24, 2.45) is 0 Å². The Labute approximate surface area is 93.7 Å². The quantitative estimate of drug-likeness (QED) is 0.523. The Morgan fingerprint density at radius 1 is 0.917 bits per heavy atom. The summed E-state index contributed by atoms with van der Waals surface area (Å²) < 4.78 is 0. The molecule has 0 aromatic heterocycles. The number of hydrogen-bond donors (Lipinski definition) is 0. The van der Waals surface area contributed by atoms with Gasteiger partial charge in [0.25, 0.3) is 0 Å². The summed E-state index contributed by atoms with van der Waals surface area (Å²) in [5.41, 5.74) is 3.17. The number of rotatable bonds is 4. The van der Waals surface area contributed by atoms with E-state index >= 15 is 0 Å². The first kappa shape index (κ1) is 11.5. The van der Waals surface area contributed by atoms with Crippen molar-refractivity contribution >= 4 is 44.0 Å². The first-order valence-corrected chi connectivity index (χ1v) is 14.7. The van der Waals surface area contributed by atoms with Crippen molar-refractivity contribution in [2.75, 3.05) is 0 Å². The molecule has 4 heteroatoms. The second-order valence-electron chi connectivity index (χ2n) is 4.16. The Morgan fingerprint density at radius 2 is 1.25 bits per heavy atom. The highest BCUT2D eigenvalue weighted by Gasteiger charge is 2.53. The predicted molar refractivity (Wildman–Crippen MR) is 69.2 cm³/mol. The summed E-state index contributed by atoms with van der Waals surface area (Å²) in [4.78, 5) is 0. The van der Waals surface area contributed by atoms with Crippen LogP contribution in [0.4, 0.5) is 0 Å². The maximum Gasteiger partial charge on any atom is 0.126 e. The molecule has 1 heterocycles. The van der Waals surface area contributed by atoms with Crippen molar-refractivity contribution in [3.8, 4) is 0 Å². The molecule has 0 saturated carbocycles. The second kappa shape index (κ2) is 4.28. The molecule has 1 saturated heterocycles. The van der Waals surface area contributed by atoms with Crippen LogP contribution in [0.15, 0.2) is 0 Å². The molecule has 0 radical (unpaired) electrons. The fraction of sp³-hybridized carbons (Fsp3) is 1.00. The van der Waals surface area contributed by atoms with Crippen molar-refractivity contribution in [3.05, 3.63) is 0 Å². The monoisotopic (exact) mass is 328 g/mol. The first-order valence-electron chi connectivity index (χ1n) is 4.91. The van der Waals surface area contributed by atoms with Crippen LogP contribution >= 0.6 is 30.6 Å². The molecular formula is C8H18Br2Si2. The zero-order valence-electron chi connectivity index (χ0n) is 8.00. The van der Waals surface area contributed by atoms with E-state index in [9.17, 15) is 0 Å². The van der Waals surface area contributed by atoms with Crippen LogP contribution in [0.5, 0.6) is 0 Å². The standard InChI is InChI=1S/C8H18Br2Si2/c1-3-5-11(9)7-12(10,8-11)6-4-2/h3-8H2,1-2H3. The van der Waals surface area contributed by atoms with Gasteiger partial charge in [0.05, 0.1) is 0 Å². The molecule has 0 bridgehead atoms. The molecule has 0 aromatic carbocycles. The zero-order valence-corrected chi connectivity index (χ0v) is 13.2. The van der Waals surface area contributed by atoms with E-state index in [2.05, 4.69) is 44.4 Å². The highest BCUT2D eigenvalue weighted by molar-refractivity contribution is 9.29. The van der Waals surface area contributed by atoms with E-state index in [0.717, 1.165) is 0 Å². The van der Waals surface area contributed by atoms with Crippen LogP contribution in [0.3, 0.4) is 0 Å². The Kier molecular flexibility index (Phi) is 4.09. The zero-order chi connectivity index (χ0) is 9.24. The van der Waals surface area contributed by atoms with Gasteiger partial charge in [0, 0.05) is 0 Å². The van der Waals surface area contributed by atoms with Gasteiger partial charge in [-0.05, 0) is 23.4 Å². The first-order chi connectivity index (χ1) is 5.54. The lowest BCUT2D eigenvalue weighted by atomic mass is 10.6. The molecule has 0 aliphatic carbocycles. The van der Waals surface area contributed by atoms with E-state index < -0.39 is 13.4 Å². The lowest BCUT2D eigenvalue weighted by molar-refractivity contribution is 1.02. The third kappa shape index (κ3) is 2.69. The summed E-state index contributed by atoms with van der Waals surface area (Å²) in [7, 11) is 0. The smallest absolute Gasteiger partial charge is 0.126 e. The van der Waals surface area contributed by atoms with E-state index in [4.69, 9.17) is 0 Å². The molecule has 1 fully saturated rings. The van der Waals surface area contributed by atoms with Gasteiger partial charge in [-0.25, -0.2) is 0 Å². The molecule has 1 aliphatic rings. The van der Waals surface area contributed by atoms with Crippen molar-refractivity contribution in [1.29, 1.82) is 0 Å². The van der Waals surface area contributed by atoms with Crippen LogP contribution in [-0.4, -0.2) is 13.4 Å². The summed E-state index contributed by atoms with van der Waals surface area (Å²) in [6.07, 6.45) is 2.75. The topological polar surface area (TPSA) is 0 Å². The predicted octanol–water partition coefficient (Wildman–Crippen LogP) is 4.58. The van der Waals surface area contributed by atoms with E-state index in [1.807, 2.05) is 0 Å². The van der Waals surface area contributed by atoms with E-state index in [1.165, 1.54) is 24.9 Å². The lowest BCUT2D eigenvalue weighted by Crippen LogP contribution is -2.55. The van der Waals surface area contributed by atoms with Crippen LogP contribution in [0.25, 0.3) is 0 Å². The molecule has 0 amide bonds. The van der Waals surface area contributed by atoms with E-state index in [0.29, 0.717) is 0 Å². The third-order valence-electron chi connectivity index (χ3n) is 2.66. The van der Waals surface area contributed by atoms with Gasteiger partial charge >= 0.3 is 0 Å². The van der Waals surface area contributed by atoms with Crippen molar-refractivity contribution in [3.63, 3.8) is 0 Å². The van der Waals surface area contributed by atoms with Crippen LogP contribution in [0.1, 0.15) is 26.7 Å². The third-order valence-corrected chi connectivity index (χ3v) is 28.1. The largest absolute Gasteiger partial charge is 0.127 e. The molecule has 0 aromatic rings. The molecule has 0 N–H and O–H groups in total. The molecule has 0 atom stereocenters. The minimum absolute atomic E-state index is 0.842. The van der Waals surface area contributed by atoms with Crippen LogP contribution in [0, 0.1) is 0 Å². The lowest BCUT2D eigenvalue weighted by Gasteiger charge is -2.47. The van der Waals surface area contributed by atoms with Crippen LogP contribution in [-0.2, 0) is 0 Å². The summed E-state index contributed by atoms with van der Waals surface area (Å²) in [6, 6.07) is 2.99. The molecule has 0 spiro atoms. The summed E-state index contributed by atoms with van der Waals surface area (Å²) >= 11 is 8.03. The van der Waals surface area contributed by atoms with E-state index in [-0.39, 0.29) is 0 Å². The fourth-order valence-electron chi connectivity index (χ4n) is 2.33. The average molecular weight is 330 g/mol. The molecular weight excluding hydrogens is 312 g/mol. The van der Waals surface area contributed by atoms with Gasteiger partial charge in [-0.1, -0.05) is 26.7 Å². The minimum atomic E-state index is -0.842. The molecule has 1 aliphatic heterocycles. The SMILES string of the molecule is CCC[Si]1(Br)C[Si](Br)(CCC)C1. The Morgan fingerprint density at radius 3 is 1.50 bits per heavy atom. The van der Waals surface area contributed by atoms with E-state index in [1.54, 1.807) is 11.3 Å². The van der Waals surface area contributed by atoms with Gasteiger partial charge in [-0.3, -0.25) is 0 Å². The molecule has 0 unspecified atom stereocenters. The minimum Gasteiger partial charge on any atom is -0.127 e.